The number of hydrogen-bond donors (Lipinski definition) is 1. The molecule has 0 saturated heterocycles. The summed E-state index contributed by atoms with van der Waals surface area (Å²) in [5.41, 5.74) is 2.15. The second-order valence-electron chi connectivity index (χ2n) is 3.99. The standard InChI is InChI=1S/C14H11N3O/c18-14(13-9-15-5-6-16-13)11-7-10-3-1-2-4-12(10)17-8-11/h1-9,14,18H. The molecule has 0 saturated carbocycles. The summed E-state index contributed by atoms with van der Waals surface area (Å²) in [6, 6.07) is 9.71. The van der Waals surface area contributed by atoms with Crippen LogP contribution < -0.4 is 0 Å². The first-order valence-electron chi connectivity index (χ1n) is 5.63. The first kappa shape index (κ1) is 10.8. The van der Waals surface area contributed by atoms with Gasteiger partial charge >= 0.3 is 0 Å². The minimum Gasteiger partial charge on any atom is -0.382 e. The van der Waals surface area contributed by atoms with E-state index in [9.17, 15) is 5.11 Å². The summed E-state index contributed by atoms with van der Waals surface area (Å²) in [5.74, 6) is 0. The fourth-order valence-electron chi connectivity index (χ4n) is 1.86. The van der Waals surface area contributed by atoms with Gasteiger partial charge in [-0.1, -0.05) is 18.2 Å². The minimum atomic E-state index is -0.796. The van der Waals surface area contributed by atoms with Crippen molar-refractivity contribution in [3.05, 3.63) is 66.4 Å². The number of para-hydroxylation sites is 1. The summed E-state index contributed by atoms with van der Waals surface area (Å²) >= 11 is 0. The largest absolute Gasteiger partial charge is 0.382 e. The quantitative estimate of drug-likeness (QED) is 0.741. The van der Waals surface area contributed by atoms with Gasteiger partial charge in [0.1, 0.15) is 6.10 Å². The molecule has 0 aliphatic rings. The second kappa shape index (κ2) is 4.50. The van der Waals surface area contributed by atoms with Crippen LogP contribution in [0.5, 0.6) is 0 Å². The predicted octanol–water partition coefficient (Wildman–Crippen LogP) is 2.11. The molecule has 88 valence electrons. The molecule has 3 aromatic rings. The SMILES string of the molecule is OC(c1cnc2ccccc2c1)c1cnccn1. The molecule has 0 spiro atoms. The molecule has 1 N–H and O–H groups in total. The van der Waals surface area contributed by atoms with Gasteiger partial charge in [0.2, 0.25) is 0 Å². The molecule has 2 aromatic heterocycles. The molecule has 18 heavy (non-hydrogen) atoms. The van der Waals surface area contributed by atoms with Crippen LogP contribution >= 0.6 is 0 Å². The van der Waals surface area contributed by atoms with E-state index >= 15 is 0 Å². The highest BCUT2D eigenvalue weighted by Crippen LogP contribution is 2.22. The van der Waals surface area contributed by atoms with Gasteiger partial charge < -0.3 is 5.11 Å². The van der Waals surface area contributed by atoms with Crippen LogP contribution in [0.1, 0.15) is 17.4 Å². The molecule has 0 amide bonds. The molecule has 4 nitrogen and oxygen atoms in total. The molecular weight excluding hydrogens is 226 g/mol. The Balaban J connectivity index is 2.04. The monoisotopic (exact) mass is 237 g/mol. The summed E-state index contributed by atoms with van der Waals surface area (Å²) in [4.78, 5) is 12.4. The number of benzene rings is 1. The highest BCUT2D eigenvalue weighted by molar-refractivity contribution is 5.78. The summed E-state index contributed by atoms with van der Waals surface area (Å²) in [5, 5.41) is 11.2. The first-order chi connectivity index (χ1) is 8.84. The highest BCUT2D eigenvalue weighted by Gasteiger charge is 2.12. The Morgan fingerprint density at radius 1 is 1.00 bits per heavy atom. The van der Waals surface area contributed by atoms with Crippen LogP contribution in [0.4, 0.5) is 0 Å². The van der Waals surface area contributed by atoms with Crippen LogP contribution in [-0.4, -0.2) is 20.1 Å². The molecular formula is C14H11N3O. The summed E-state index contributed by atoms with van der Waals surface area (Å²) in [6.07, 6.45) is 5.57. The zero-order valence-corrected chi connectivity index (χ0v) is 9.56. The molecule has 0 aliphatic heterocycles. The number of aliphatic hydroxyl groups excluding tert-OH is 1. The van der Waals surface area contributed by atoms with Gasteiger partial charge in [-0.05, 0) is 12.1 Å². The number of pyridine rings is 1. The lowest BCUT2D eigenvalue weighted by Gasteiger charge is -2.10. The molecule has 2 heterocycles. The predicted molar refractivity (Wildman–Crippen MR) is 67.8 cm³/mol. The fourth-order valence-corrected chi connectivity index (χ4v) is 1.86. The number of fused-ring (bicyclic) bond motifs is 1. The van der Waals surface area contributed by atoms with Crippen molar-refractivity contribution in [2.75, 3.05) is 0 Å². The van der Waals surface area contributed by atoms with Crippen molar-refractivity contribution >= 4 is 10.9 Å². The third-order valence-electron chi connectivity index (χ3n) is 2.79. The van der Waals surface area contributed by atoms with E-state index in [1.807, 2.05) is 30.3 Å². The number of aromatic nitrogens is 3. The molecule has 0 bridgehead atoms. The zero-order chi connectivity index (χ0) is 12.4. The summed E-state index contributed by atoms with van der Waals surface area (Å²) in [7, 11) is 0. The lowest BCUT2D eigenvalue weighted by molar-refractivity contribution is 0.214. The Morgan fingerprint density at radius 3 is 2.72 bits per heavy atom. The van der Waals surface area contributed by atoms with E-state index in [4.69, 9.17) is 0 Å². The van der Waals surface area contributed by atoms with Crippen LogP contribution in [0.2, 0.25) is 0 Å². The third kappa shape index (κ3) is 1.94. The van der Waals surface area contributed by atoms with Crippen molar-refractivity contribution in [3.63, 3.8) is 0 Å². The Morgan fingerprint density at radius 2 is 1.89 bits per heavy atom. The summed E-state index contributed by atoms with van der Waals surface area (Å²) in [6.45, 7) is 0. The maximum atomic E-state index is 10.2. The number of aliphatic hydroxyl groups is 1. The van der Waals surface area contributed by atoms with Crippen molar-refractivity contribution in [2.45, 2.75) is 6.10 Å². The number of nitrogens with zero attached hydrogens (tertiary/aromatic N) is 3. The highest BCUT2D eigenvalue weighted by atomic mass is 16.3. The van der Waals surface area contributed by atoms with Gasteiger partial charge in [-0.15, -0.1) is 0 Å². The number of rotatable bonds is 2. The van der Waals surface area contributed by atoms with Crippen molar-refractivity contribution in [3.8, 4) is 0 Å². The smallest absolute Gasteiger partial charge is 0.124 e. The van der Waals surface area contributed by atoms with Crippen molar-refractivity contribution < 1.29 is 5.11 Å². The van der Waals surface area contributed by atoms with Crippen molar-refractivity contribution in [2.24, 2.45) is 0 Å². The Bertz CT molecular complexity index is 670. The van der Waals surface area contributed by atoms with Gasteiger partial charge in [0, 0.05) is 29.5 Å². The van der Waals surface area contributed by atoms with Crippen molar-refractivity contribution in [1.82, 2.24) is 15.0 Å². The fraction of sp³-hybridized carbons (Fsp3) is 0.0714. The Hall–Kier alpha value is -2.33. The van der Waals surface area contributed by atoms with E-state index in [1.165, 1.54) is 0 Å². The third-order valence-corrected chi connectivity index (χ3v) is 2.79. The average molecular weight is 237 g/mol. The molecule has 0 aliphatic carbocycles. The maximum absolute atomic E-state index is 10.2. The molecule has 4 heteroatoms. The van der Waals surface area contributed by atoms with Gasteiger partial charge in [-0.25, -0.2) is 0 Å². The molecule has 1 aromatic carbocycles. The van der Waals surface area contributed by atoms with Crippen LogP contribution in [0.15, 0.2) is 55.1 Å². The molecule has 3 rings (SSSR count). The van der Waals surface area contributed by atoms with Crippen LogP contribution in [0.3, 0.4) is 0 Å². The van der Waals surface area contributed by atoms with E-state index in [0.717, 1.165) is 10.9 Å². The lowest BCUT2D eigenvalue weighted by atomic mass is 10.1. The average Bonchev–Trinajstić information content (AvgIpc) is 2.47. The number of hydrogen-bond acceptors (Lipinski definition) is 4. The van der Waals surface area contributed by atoms with E-state index in [2.05, 4.69) is 15.0 Å². The first-order valence-corrected chi connectivity index (χ1v) is 5.63. The van der Waals surface area contributed by atoms with E-state index in [0.29, 0.717) is 11.3 Å². The van der Waals surface area contributed by atoms with Crippen LogP contribution in [0, 0.1) is 0 Å². The molecule has 1 atom stereocenters. The van der Waals surface area contributed by atoms with Gasteiger partial charge in [-0.2, -0.15) is 0 Å². The van der Waals surface area contributed by atoms with Gasteiger partial charge in [0.15, 0.2) is 0 Å². The van der Waals surface area contributed by atoms with Crippen LogP contribution in [0.25, 0.3) is 10.9 Å². The molecule has 1 unspecified atom stereocenters. The second-order valence-corrected chi connectivity index (χ2v) is 3.99. The molecule has 0 fully saturated rings. The Kier molecular flexibility index (Phi) is 2.70. The maximum Gasteiger partial charge on any atom is 0.124 e. The van der Waals surface area contributed by atoms with E-state index < -0.39 is 6.10 Å². The topological polar surface area (TPSA) is 58.9 Å². The zero-order valence-electron chi connectivity index (χ0n) is 9.56. The van der Waals surface area contributed by atoms with Gasteiger partial charge in [0.05, 0.1) is 17.4 Å². The van der Waals surface area contributed by atoms with Gasteiger partial charge in [0.25, 0.3) is 0 Å². The lowest BCUT2D eigenvalue weighted by Crippen LogP contribution is -2.03. The van der Waals surface area contributed by atoms with Crippen LogP contribution in [-0.2, 0) is 0 Å². The van der Waals surface area contributed by atoms with E-state index in [-0.39, 0.29) is 0 Å². The molecule has 0 radical (unpaired) electrons. The normalized spacial score (nSPS) is 12.5. The minimum absolute atomic E-state index is 0.523. The van der Waals surface area contributed by atoms with E-state index in [1.54, 1.807) is 24.8 Å². The summed E-state index contributed by atoms with van der Waals surface area (Å²) < 4.78 is 0. The van der Waals surface area contributed by atoms with Gasteiger partial charge in [-0.3, -0.25) is 15.0 Å². The van der Waals surface area contributed by atoms with Crippen molar-refractivity contribution in [1.29, 1.82) is 0 Å². The Labute approximate surface area is 104 Å².